The summed E-state index contributed by atoms with van der Waals surface area (Å²) in [5, 5.41) is 0. The van der Waals surface area contributed by atoms with Crippen LogP contribution >= 0.6 is 0 Å². The van der Waals surface area contributed by atoms with Crippen molar-refractivity contribution in [1.82, 2.24) is 4.90 Å². The number of nitrogens with zero attached hydrogens (tertiary/aromatic N) is 1. The normalized spacial score (nSPS) is 18.7. The van der Waals surface area contributed by atoms with Gasteiger partial charge in [0.25, 0.3) is 0 Å². The Morgan fingerprint density at radius 2 is 2.10 bits per heavy atom. The van der Waals surface area contributed by atoms with Crippen molar-refractivity contribution in [1.29, 1.82) is 0 Å². The minimum absolute atomic E-state index is 0.0949. The van der Waals surface area contributed by atoms with Crippen LogP contribution in [0.4, 0.5) is 4.79 Å². The average Bonchev–Trinajstić information content (AvgIpc) is 2.56. The van der Waals surface area contributed by atoms with Gasteiger partial charge in [-0.3, -0.25) is 0 Å². The first-order valence-electron chi connectivity index (χ1n) is 7.21. The molecule has 0 fully saturated rings. The van der Waals surface area contributed by atoms with Gasteiger partial charge in [0.05, 0.1) is 13.7 Å². The number of hydrogen-bond donors (Lipinski definition) is 1. The van der Waals surface area contributed by atoms with Gasteiger partial charge in [0.2, 0.25) is 0 Å². The molecule has 21 heavy (non-hydrogen) atoms. The standard InChI is InChI=1S/C16H24N2O3/c1-16(2,3)21-15(19)18-9-8-13(17)11-6-5-7-14(20-4)12(11)10-18/h5-7,13H,8-10,17H2,1-4H3. The van der Waals surface area contributed by atoms with E-state index in [4.69, 9.17) is 15.2 Å². The monoisotopic (exact) mass is 292 g/mol. The van der Waals surface area contributed by atoms with Gasteiger partial charge in [0, 0.05) is 18.2 Å². The third kappa shape index (κ3) is 3.67. The zero-order valence-corrected chi connectivity index (χ0v) is 13.2. The molecule has 0 saturated carbocycles. The van der Waals surface area contributed by atoms with E-state index in [9.17, 15) is 4.79 Å². The van der Waals surface area contributed by atoms with Crippen molar-refractivity contribution in [3.05, 3.63) is 29.3 Å². The topological polar surface area (TPSA) is 64.8 Å². The molecule has 0 saturated heterocycles. The summed E-state index contributed by atoms with van der Waals surface area (Å²) in [7, 11) is 1.63. The molecule has 0 aromatic heterocycles. The van der Waals surface area contributed by atoms with E-state index in [0.717, 1.165) is 16.9 Å². The summed E-state index contributed by atoms with van der Waals surface area (Å²) in [4.78, 5) is 14.0. The molecule has 5 heteroatoms. The van der Waals surface area contributed by atoms with Crippen molar-refractivity contribution < 1.29 is 14.3 Å². The number of carbonyl (C=O) groups excluding carboxylic acids is 1. The minimum atomic E-state index is -0.505. The molecule has 1 atom stereocenters. The van der Waals surface area contributed by atoms with Crippen molar-refractivity contribution >= 4 is 6.09 Å². The largest absolute Gasteiger partial charge is 0.496 e. The number of ether oxygens (including phenoxy) is 2. The maximum Gasteiger partial charge on any atom is 0.410 e. The molecule has 1 aromatic rings. The van der Waals surface area contributed by atoms with E-state index in [-0.39, 0.29) is 12.1 Å². The van der Waals surface area contributed by atoms with Crippen LogP contribution in [0.5, 0.6) is 5.75 Å². The first-order valence-corrected chi connectivity index (χ1v) is 7.21. The summed E-state index contributed by atoms with van der Waals surface area (Å²) in [6.07, 6.45) is 0.396. The number of rotatable bonds is 1. The maximum atomic E-state index is 12.3. The Bertz CT molecular complexity index is 523. The third-order valence-electron chi connectivity index (χ3n) is 3.50. The fourth-order valence-electron chi connectivity index (χ4n) is 2.49. The van der Waals surface area contributed by atoms with Crippen LogP contribution in [0.15, 0.2) is 18.2 Å². The quantitative estimate of drug-likeness (QED) is 0.864. The minimum Gasteiger partial charge on any atom is -0.496 e. The van der Waals surface area contributed by atoms with E-state index < -0.39 is 5.60 Å². The molecule has 2 N–H and O–H groups in total. The van der Waals surface area contributed by atoms with Crippen LogP contribution in [0.3, 0.4) is 0 Å². The maximum absolute atomic E-state index is 12.3. The third-order valence-corrected chi connectivity index (χ3v) is 3.50. The number of carbonyl (C=O) groups is 1. The molecule has 0 radical (unpaired) electrons. The van der Waals surface area contributed by atoms with Gasteiger partial charge in [-0.15, -0.1) is 0 Å². The lowest BCUT2D eigenvalue weighted by atomic mass is 9.99. The van der Waals surface area contributed by atoms with E-state index in [1.54, 1.807) is 12.0 Å². The summed E-state index contributed by atoms with van der Waals surface area (Å²) in [5.41, 5.74) is 7.73. The van der Waals surface area contributed by atoms with Gasteiger partial charge in [0.1, 0.15) is 11.4 Å². The highest BCUT2D eigenvalue weighted by Crippen LogP contribution is 2.32. The smallest absolute Gasteiger partial charge is 0.410 e. The van der Waals surface area contributed by atoms with E-state index in [1.807, 2.05) is 39.0 Å². The zero-order valence-electron chi connectivity index (χ0n) is 13.2. The SMILES string of the molecule is COc1cccc2c1CN(C(=O)OC(C)(C)C)CCC2N. The number of methoxy groups -OCH3 is 1. The first-order chi connectivity index (χ1) is 9.81. The van der Waals surface area contributed by atoms with Gasteiger partial charge < -0.3 is 20.1 Å². The Kier molecular flexibility index (Phi) is 4.42. The number of amides is 1. The molecule has 2 rings (SSSR count). The van der Waals surface area contributed by atoms with E-state index in [1.165, 1.54) is 0 Å². The summed E-state index contributed by atoms with van der Waals surface area (Å²) < 4.78 is 10.9. The Balaban J connectivity index is 2.28. The summed E-state index contributed by atoms with van der Waals surface area (Å²) in [5.74, 6) is 0.762. The molecule has 1 unspecified atom stereocenters. The summed E-state index contributed by atoms with van der Waals surface area (Å²) in [6, 6.07) is 5.73. The number of benzene rings is 1. The van der Waals surface area contributed by atoms with Gasteiger partial charge in [-0.1, -0.05) is 12.1 Å². The molecule has 116 valence electrons. The fourth-order valence-corrected chi connectivity index (χ4v) is 2.49. The van der Waals surface area contributed by atoms with Crippen LogP contribution in [-0.4, -0.2) is 30.2 Å². The van der Waals surface area contributed by atoms with Crippen LogP contribution in [0.1, 0.15) is 44.4 Å². The number of nitrogens with two attached hydrogens (primary N) is 1. The predicted octanol–water partition coefficient (Wildman–Crippen LogP) is 2.84. The van der Waals surface area contributed by atoms with E-state index >= 15 is 0 Å². The summed E-state index contributed by atoms with van der Waals surface area (Å²) >= 11 is 0. The van der Waals surface area contributed by atoms with Crippen LogP contribution in [0, 0.1) is 0 Å². The van der Waals surface area contributed by atoms with Crippen molar-refractivity contribution in [2.45, 2.75) is 45.4 Å². The van der Waals surface area contributed by atoms with Crippen molar-refractivity contribution in [2.24, 2.45) is 5.73 Å². The molecule has 0 bridgehead atoms. The van der Waals surface area contributed by atoms with Gasteiger partial charge in [-0.25, -0.2) is 4.79 Å². The van der Waals surface area contributed by atoms with Gasteiger partial charge >= 0.3 is 6.09 Å². The van der Waals surface area contributed by atoms with E-state index in [2.05, 4.69) is 0 Å². The van der Waals surface area contributed by atoms with Crippen molar-refractivity contribution in [3.8, 4) is 5.75 Å². The molecule has 1 heterocycles. The molecule has 1 aromatic carbocycles. The van der Waals surface area contributed by atoms with Gasteiger partial charge in [-0.2, -0.15) is 0 Å². The highest BCUT2D eigenvalue weighted by Gasteiger charge is 2.28. The highest BCUT2D eigenvalue weighted by molar-refractivity contribution is 5.68. The van der Waals surface area contributed by atoms with Crippen LogP contribution in [0.25, 0.3) is 0 Å². The van der Waals surface area contributed by atoms with Crippen LogP contribution in [0.2, 0.25) is 0 Å². The molecular weight excluding hydrogens is 268 g/mol. The van der Waals surface area contributed by atoms with Crippen molar-refractivity contribution in [2.75, 3.05) is 13.7 Å². The zero-order chi connectivity index (χ0) is 15.6. The molecule has 1 amide bonds. The molecule has 1 aliphatic heterocycles. The predicted molar refractivity (Wildman–Crippen MR) is 81.2 cm³/mol. The molecule has 1 aliphatic rings. The van der Waals surface area contributed by atoms with Crippen molar-refractivity contribution in [3.63, 3.8) is 0 Å². The van der Waals surface area contributed by atoms with Gasteiger partial charge in [-0.05, 0) is 38.8 Å². The lowest BCUT2D eigenvalue weighted by Crippen LogP contribution is -2.36. The Morgan fingerprint density at radius 1 is 1.38 bits per heavy atom. The molecule has 0 spiro atoms. The average molecular weight is 292 g/mol. The second kappa shape index (κ2) is 5.93. The van der Waals surface area contributed by atoms with E-state index in [0.29, 0.717) is 19.5 Å². The number of fused-ring (bicyclic) bond motifs is 1. The van der Waals surface area contributed by atoms with Crippen LogP contribution in [-0.2, 0) is 11.3 Å². The van der Waals surface area contributed by atoms with Crippen LogP contribution < -0.4 is 10.5 Å². The first kappa shape index (κ1) is 15.6. The Labute approximate surface area is 126 Å². The second-order valence-corrected chi connectivity index (χ2v) is 6.33. The highest BCUT2D eigenvalue weighted by atomic mass is 16.6. The Morgan fingerprint density at radius 3 is 2.71 bits per heavy atom. The Hall–Kier alpha value is -1.75. The van der Waals surface area contributed by atoms with Gasteiger partial charge in [0.15, 0.2) is 0 Å². The lowest BCUT2D eigenvalue weighted by molar-refractivity contribution is 0.0234. The second-order valence-electron chi connectivity index (χ2n) is 6.33. The molecule has 5 nitrogen and oxygen atoms in total. The number of hydrogen-bond acceptors (Lipinski definition) is 4. The lowest BCUT2D eigenvalue weighted by Gasteiger charge is -2.26. The fraction of sp³-hybridized carbons (Fsp3) is 0.562. The molecular formula is C16H24N2O3. The molecule has 0 aliphatic carbocycles. The summed E-state index contributed by atoms with van der Waals surface area (Å²) in [6.45, 7) is 6.63.